The summed E-state index contributed by atoms with van der Waals surface area (Å²) in [5.41, 5.74) is 0. The van der Waals surface area contributed by atoms with Crippen LogP contribution in [-0.4, -0.2) is 58.4 Å². The van der Waals surface area contributed by atoms with Gasteiger partial charge >= 0.3 is 0 Å². The molecule has 1 aliphatic heterocycles. The lowest BCUT2D eigenvalue weighted by molar-refractivity contribution is 0.0979. The Morgan fingerprint density at radius 2 is 2.25 bits per heavy atom. The molecule has 0 aromatic heterocycles. The van der Waals surface area contributed by atoms with Crippen LogP contribution in [0.2, 0.25) is 0 Å². The van der Waals surface area contributed by atoms with Gasteiger partial charge in [-0.25, -0.2) is 12.7 Å². The van der Waals surface area contributed by atoms with E-state index in [1.807, 2.05) is 7.05 Å². The Kier molecular flexibility index (Phi) is 5.68. The molecule has 1 saturated heterocycles. The number of hydrogen-bond acceptors (Lipinski definition) is 4. The molecule has 0 saturated carbocycles. The van der Waals surface area contributed by atoms with Gasteiger partial charge in [0.15, 0.2) is 0 Å². The van der Waals surface area contributed by atoms with E-state index < -0.39 is 10.0 Å². The summed E-state index contributed by atoms with van der Waals surface area (Å²) in [6, 6.07) is 0. The Balaban J connectivity index is 2.35. The van der Waals surface area contributed by atoms with E-state index in [1.165, 1.54) is 4.31 Å². The van der Waals surface area contributed by atoms with Crippen LogP contribution in [0.4, 0.5) is 0 Å². The second-order valence-electron chi connectivity index (χ2n) is 4.19. The number of ether oxygens (including phenoxy) is 1. The maximum absolute atomic E-state index is 11.8. The first-order valence-corrected chi connectivity index (χ1v) is 7.37. The van der Waals surface area contributed by atoms with Crippen molar-refractivity contribution in [1.29, 1.82) is 0 Å². The molecule has 0 amide bonds. The third-order valence-electron chi connectivity index (χ3n) is 2.79. The van der Waals surface area contributed by atoms with E-state index in [2.05, 4.69) is 5.32 Å². The molecule has 0 bridgehead atoms. The Hall–Kier alpha value is -0.170. The summed E-state index contributed by atoms with van der Waals surface area (Å²) in [7, 11) is 0.351. The van der Waals surface area contributed by atoms with Gasteiger partial charge in [-0.3, -0.25) is 0 Å². The van der Waals surface area contributed by atoms with Crippen LogP contribution in [-0.2, 0) is 14.8 Å². The van der Waals surface area contributed by atoms with Crippen LogP contribution in [0.15, 0.2) is 0 Å². The fraction of sp³-hybridized carbons (Fsp3) is 1.00. The van der Waals surface area contributed by atoms with Gasteiger partial charge in [-0.2, -0.15) is 0 Å². The number of nitrogens with one attached hydrogen (secondary N) is 1. The minimum Gasteiger partial charge on any atom is -0.377 e. The highest BCUT2D eigenvalue weighted by atomic mass is 32.2. The largest absolute Gasteiger partial charge is 0.377 e. The number of rotatable bonds is 7. The highest BCUT2D eigenvalue weighted by molar-refractivity contribution is 7.89. The molecule has 1 aliphatic rings. The molecule has 0 aliphatic carbocycles. The Bertz CT molecular complexity index is 286. The Morgan fingerprint density at radius 3 is 2.81 bits per heavy atom. The Morgan fingerprint density at radius 1 is 1.50 bits per heavy atom. The minimum atomic E-state index is -3.11. The van der Waals surface area contributed by atoms with Crippen LogP contribution in [0.25, 0.3) is 0 Å². The van der Waals surface area contributed by atoms with E-state index >= 15 is 0 Å². The number of likely N-dealkylation sites (N-methyl/N-ethyl adjacent to an activating group) is 1. The summed E-state index contributed by atoms with van der Waals surface area (Å²) in [4.78, 5) is 0. The van der Waals surface area contributed by atoms with Gasteiger partial charge in [0.1, 0.15) is 0 Å². The molecule has 5 nitrogen and oxygen atoms in total. The second kappa shape index (κ2) is 6.54. The average Bonchev–Trinajstić information content (AvgIpc) is 2.70. The molecule has 16 heavy (non-hydrogen) atoms. The van der Waals surface area contributed by atoms with Crippen molar-refractivity contribution in [3.63, 3.8) is 0 Å². The van der Waals surface area contributed by atoms with Gasteiger partial charge in [0, 0.05) is 20.2 Å². The van der Waals surface area contributed by atoms with Gasteiger partial charge in [0.05, 0.1) is 11.9 Å². The summed E-state index contributed by atoms with van der Waals surface area (Å²) < 4.78 is 30.5. The zero-order valence-electron chi connectivity index (χ0n) is 10.1. The molecule has 1 atom stereocenters. The molecular weight excluding hydrogens is 228 g/mol. The fourth-order valence-corrected chi connectivity index (χ4v) is 2.99. The van der Waals surface area contributed by atoms with Crippen molar-refractivity contribution >= 4 is 10.0 Å². The van der Waals surface area contributed by atoms with Gasteiger partial charge < -0.3 is 10.1 Å². The first kappa shape index (κ1) is 13.9. The van der Waals surface area contributed by atoms with E-state index in [1.54, 1.807) is 7.05 Å². The van der Waals surface area contributed by atoms with Crippen molar-refractivity contribution in [1.82, 2.24) is 9.62 Å². The van der Waals surface area contributed by atoms with Crippen LogP contribution in [0.5, 0.6) is 0 Å². The van der Waals surface area contributed by atoms with Gasteiger partial charge in [0.25, 0.3) is 0 Å². The fourth-order valence-electron chi connectivity index (χ4n) is 1.78. The van der Waals surface area contributed by atoms with Crippen molar-refractivity contribution in [3.05, 3.63) is 0 Å². The smallest absolute Gasteiger partial charge is 0.213 e. The number of hydrogen-bond donors (Lipinski definition) is 1. The normalized spacial score (nSPS) is 21.8. The lowest BCUT2D eigenvalue weighted by Gasteiger charge is -2.20. The van der Waals surface area contributed by atoms with Crippen molar-refractivity contribution in [3.8, 4) is 0 Å². The molecule has 1 N–H and O–H groups in total. The summed E-state index contributed by atoms with van der Waals surface area (Å²) in [5.74, 6) is 0.205. The molecule has 96 valence electrons. The second-order valence-corrected chi connectivity index (χ2v) is 6.38. The van der Waals surface area contributed by atoms with E-state index in [9.17, 15) is 8.42 Å². The SMILES string of the molecule is CNCCCS(=O)(=O)N(C)CC1CCCO1. The molecule has 6 heteroatoms. The van der Waals surface area contributed by atoms with Crippen molar-refractivity contribution in [2.75, 3.05) is 39.5 Å². The van der Waals surface area contributed by atoms with E-state index in [0.29, 0.717) is 13.0 Å². The molecular formula is C10H22N2O3S. The molecule has 0 aromatic carbocycles. The van der Waals surface area contributed by atoms with Crippen molar-refractivity contribution < 1.29 is 13.2 Å². The summed E-state index contributed by atoms with van der Waals surface area (Å²) in [5, 5.41) is 2.94. The van der Waals surface area contributed by atoms with Crippen molar-refractivity contribution in [2.45, 2.75) is 25.4 Å². The molecule has 1 unspecified atom stereocenters. The first-order valence-electron chi connectivity index (χ1n) is 5.76. The third-order valence-corrected chi connectivity index (χ3v) is 4.69. The monoisotopic (exact) mass is 250 g/mol. The zero-order chi connectivity index (χ0) is 12.0. The van der Waals surface area contributed by atoms with Gasteiger partial charge in [-0.1, -0.05) is 0 Å². The lowest BCUT2D eigenvalue weighted by atomic mass is 10.2. The molecule has 0 spiro atoms. The molecule has 0 aromatic rings. The van der Waals surface area contributed by atoms with Gasteiger partial charge in [-0.15, -0.1) is 0 Å². The predicted molar refractivity (Wildman–Crippen MR) is 63.9 cm³/mol. The summed E-state index contributed by atoms with van der Waals surface area (Å²) in [6.45, 7) is 1.98. The highest BCUT2D eigenvalue weighted by Crippen LogP contribution is 2.14. The topological polar surface area (TPSA) is 58.6 Å². The summed E-state index contributed by atoms with van der Waals surface area (Å²) >= 11 is 0. The van der Waals surface area contributed by atoms with Gasteiger partial charge in [-0.05, 0) is 32.9 Å². The van der Waals surface area contributed by atoms with E-state index in [4.69, 9.17) is 4.74 Å². The average molecular weight is 250 g/mol. The maximum atomic E-state index is 11.8. The van der Waals surface area contributed by atoms with E-state index in [-0.39, 0.29) is 11.9 Å². The van der Waals surface area contributed by atoms with Crippen LogP contribution in [0.1, 0.15) is 19.3 Å². The summed E-state index contributed by atoms with van der Waals surface area (Å²) in [6.07, 6.45) is 2.74. The third kappa shape index (κ3) is 4.37. The van der Waals surface area contributed by atoms with E-state index in [0.717, 1.165) is 26.0 Å². The number of nitrogens with zero attached hydrogens (tertiary/aromatic N) is 1. The van der Waals surface area contributed by atoms with Crippen LogP contribution >= 0.6 is 0 Å². The molecule has 0 radical (unpaired) electrons. The molecule has 1 fully saturated rings. The lowest BCUT2D eigenvalue weighted by Crippen LogP contribution is -2.36. The predicted octanol–water partition coefficient (Wildman–Crippen LogP) is 0.0365. The Labute approximate surface area is 98.2 Å². The van der Waals surface area contributed by atoms with Crippen LogP contribution in [0.3, 0.4) is 0 Å². The quantitative estimate of drug-likeness (QED) is 0.648. The maximum Gasteiger partial charge on any atom is 0.213 e. The highest BCUT2D eigenvalue weighted by Gasteiger charge is 2.23. The first-order chi connectivity index (χ1) is 7.56. The molecule has 1 rings (SSSR count). The zero-order valence-corrected chi connectivity index (χ0v) is 10.9. The standard InChI is InChI=1S/C10H22N2O3S/c1-11-6-4-8-16(13,14)12(2)9-10-5-3-7-15-10/h10-11H,3-9H2,1-2H3. The number of sulfonamides is 1. The van der Waals surface area contributed by atoms with Gasteiger partial charge in [0.2, 0.25) is 10.0 Å². The van der Waals surface area contributed by atoms with Crippen LogP contribution in [0, 0.1) is 0 Å². The van der Waals surface area contributed by atoms with Crippen LogP contribution < -0.4 is 5.32 Å². The minimum absolute atomic E-state index is 0.0871. The van der Waals surface area contributed by atoms with Crippen molar-refractivity contribution in [2.24, 2.45) is 0 Å². The molecule has 1 heterocycles.